The molecule has 0 aliphatic carbocycles. The van der Waals surface area contributed by atoms with Gasteiger partial charge in [0.2, 0.25) is 0 Å². The summed E-state index contributed by atoms with van der Waals surface area (Å²) in [4.78, 5) is 9.43. The van der Waals surface area contributed by atoms with E-state index in [2.05, 4.69) is 76.2 Å². The third-order valence-electron chi connectivity index (χ3n) is 5.23. The maximum absolute atomic E-state index is 4.72. The molecule has 0 N–H and O–H groups in total. The van der Waals surface area contributed by atoms with Gasteiger partial charge >= 0.3 is 0 Å². The molecule has 0 saturated carbocycles. The van der Waals surface area contributed by atoms with Crippen LogP contribution in [0, 0.1) is 0 Å². The molecule has 134 valence electrons. The molecule has 0 fully saturated rings. The summed E-state index contributed by atoms with van der Waals surface area (Å²) in [5.41, 5.74) is 6.59. The second-order valence-corrected chi connectivity index (χ2v) is 8.29. The van der Waals surface area contributed by atoms with Gasteiger partial charge in [-0.25, -0.2) is 0 Å². The first kappa shape index (κ1) is 18.3. The van der Waals surface area contributed by atoms with Gasteiger partial charge in [0, 0.05) is 23.3 Å². The average molecular weight is 345 g/mol. The molecular weight excluding hydrogens is 316 g/mol. The predicted molar refractivity (Wildman–Crippen MR) is 113 cm³/mol. The van der Waals surface area contributed by atoms with E-state index in [0.29, 0.717) is 0 Å². The molecule has 1 aliphatic rings. The number of fused-ring (bicyclic) bond motifs is 5. The van der Waals surface area contributed by atoms with Crippen LogP contribution in [0.25, 0.3) is 11.1 Å². The van der Waals surface area contributed by atoms with Crippen molar-refractivity contribution in [2.75, 3.05) is 0 Å². The number of rotatable bonds is 0. The Bertz CT molecular complexity index is 836. The van der Waals surface area contributed by atoms with E-state index < -0.39 is 0 Å². The van der Waals surface area contributed by atoms with Crippen molar-refractivity contribution in [1.29, 1.82) is 0 Å². The molecule has 0 unspecified atom stereocenters. The monoisotopic (exact) mass is 344 g/mol. The molecule has 2 heteroatoms. The quantitative estimate of drug-likeness (QED) is 0.534. The van der Waals surface area contributed by atoms with E-state index in [0.717, 1.165) is 11.4 Å². The van der Waals surface area contributed by atoms with E-state index in [1.54, 1.807) is 0 Å². The van der Waals surface area contributed by atoms with Gasteiger partial charge in [-0.05, 0) is 36.1 Å². The maximum Gasteiger partial charge on any atom is 0.0580 e. The molecule has 2 nitrogen and oxygen atoms in total. The Hall–Kier alpha value is -2.48. The Labute approximate surface area is 157 Å². The van der Waals surface area contributed by atoms with Crippen LogP contribution >= 0.6 is 0 Å². The van der Waals surface area contributed by atoms with Crippen LogP contribution in [0.1, 0.15) is 52.7 Å². The lowest BCUT2D eigenvalue weighted by Gasteiger charge is -2.23. The molecule has 2 aromatic rings. The van der Waals surface area contributed by atoms with Gasteiger partial charge in [0.05, 0.1) is 11.4 Å². The summed E-state index contributed by atoms with van der Waals surface area (Å²) in [5.74, 6) is 0. The summed E-state index contributed by atoms with van der Waals surface area (Å²) in [6.07, 6.45) is 4.07. The molecule has 0 saturated heterocycles. The normalized spacial score (nSPS) is 21.3. The predicted octanol–water partition coefficient (Wildman–Crippen LogP) is 6.32. The van der Waals surface area contributed by atoms with Crippen molar-refractivity contribution in [3.8, 4) is 11.1 Å². The van der Waals surface area contributed by atoms with Crippen molar-refractivity contribution in [1.82, 2.24) is 0 Å². The Morgan fingerprint density at radius 3 is 1.38 bits per heavy atom. The number of hydrogen-bond acceptors (Lipinski definition) is 2. The van der Waals surface area contributed by atoms with Gasteiger partial charge in [-0.15, -0.1) is 0 Å². The minimum atomic E-state index is -0.151. The molecule has 0 amide bonds. The molecule has 0 atom stereocenters. The molecule has 2 aromatic carbocycles. The van der Waals surface area contributed by atoms with Gasteiger partial charge in [-0.3, -0.25) is 9.98 Å². The highest BCUT2D eigenvalue weighted by Gasteiger charge is 2.21. The molecule has 0 spiro atoms. The highest BCUT2D eigenvalue weighted by molar-refractivity contribution is 5.78. The lowest BCUT2D eigenvalue weighted by Crippen LogP contribution is -2.20. The van der Waals surface area contributed by atoms with Gasteiger partial charge in [-0.2, -0.15) is 0 Å². The van der Waals surface area contributed by atoms with Crippen LogP contribution < -0.4 is 0 Å². The van der Waals surface area contributed by atoms with Crippen LogP contribution in [0.2, 0.25) is 0 Å². The smallest absolute Gasteiger partial charge is 0.0580 e. The summed E-state index contributed by atoms with van der Waals surface area (Å²) < 4.78 is 0. The van der Waals surface area contributed by atoms with Crippen molar-refractivity contribution in [3.63, 3.8) is 0 Å². The van der Waals surface area contributed by atoms with Crippen LogP contribution in [0.15, 0.2) is 69.9 Å². The van der Waals surface area contributed by atoms with E-state index in [4.69, 9.17) is 9.98 Å². The zero-order valence-corrected chi connectivity index (χ0v) is 16.7. The average Bonchev–Trinajstić information content (AvgIpc) is 2.64. The van der Waals surface area contributed by atoms with Gasteiger partial charge < -0.3 is 0 Å². The number of allylic oxidation sites excluding steroid dienone is 2. The Morgan fingerprint density at radius 1 is 0.615 bits per heavy atom. The summed E-state index contributed by atoms with van der Waals surface area (Å²) in [7, 11) is 0. The molecule has 3 rings (SSSR count). The van der Waals surface area contributed by atoms with Crippen molar-refractivity contribution in [3.05, 3.63) is 71.1 Å². The second-order valence-electron chi connectivity index (χ2n) is 8.29. The molecule has 1 heterocycles. The van der Waals surface area contributed by atoms with Gasteiger partial charge in [0.15, 0.2) is 0 Å². The van der Waals surface area contributed by atoms with Gasteiger partial charge in [0.25, 0.3) is 0 Å². The topological polar surface area (TPSA) is 24.7 Å². The first-order valence-electron chi connectivity index (χ1n) is 9.18. The zero-order chi connectivity index (χ0) is 18.9. The van der Waals surface area contributed by atoms with Crippen LogP contribution in [-0.2, 0) is 10.8 Å². The summed E-state index contributed by atoms with van der Waals surface area (Å²) in [6, 6.07) is 17.6. The Balaban J connectivity index is 2.27. The van der Waals surface area contributed by atoms with Crippen molar-refractivity contribution in [2.45, 2.75) is 52.4 Å². The van der Waals surface area contributed by atoms with E-state index in [-0.39, 0.29) is 10.8 Å². The van der Waals surface area contributed by atoms with Crippen LogP contribution in [0.4, 0.5) is 0 Å². The third-order valence-corrected chi connectivity index (χ3v) is 5.23. The van der Waals surface area contributed by atoms with E-state index >= 15 is 0 Å². The van der Waals surface area contributed by atoms with Gasteiger partial charge in [0.1, 0.15) is 0 Å². The Morgan fingerprint density at radius 2 is 1.00 bits per heavy atom. The number of nitrogens with zero attached hydrogens (tertiary/aromatic N) is 2. The maximum atomic E-state index is 4.72. The summed E-state index contributed by atoms with van der Waals surface area (Å²) >= 11 is 0. The summed E-state index contributed by atoms with van der Waals surface area (Å²) in [6.45, 7) is 12.9. The van der Waals surface area contributed by atoms with Crippen LogP contribution in [0.3, 0.4) is 0 Å². The number of benzene rings is 2. The summed E-state index contributed by atoms with van der Waals surface area (Å²) in [5, 5.41) is 0. The number of aliphatic imine (C=N–C) groups is 2. The lowest BCUT2D eigenvalue weighted by molar-refractivity contribution is 0.730. The third kappa shape index (κ3) is 3.70. The lowest BCUT2D eigenvalue weighted by atomic mass is 9.82. The minimum Gasteiger partial charge on any atom is -0.263 e. The minimum absolute atomic E-state index is 0.151. The number of hydrogen-bond donors (Lipinski definition) is 0. The largest absolute Gasteiger partial charge is 0.263 e. The SMILES string of the molecule is C/C1=C(\C)N=CC(C)(C)c2cccc(c2)-c2cccc(c2)C(C)(C)C=N1. The van der Waals surface area contributed by atoms with E-state index in [1.807, 2.05) is 26.3 Å². The molecule has 0 radical (unpaired) electrons. The molecular formula is C24H28N2. The molecule has 4 bridgehead atoms. The molecule has 1 aliphatic heterocycles. The van der Waals surface area contributed by atoms with Crippen LogP contribution in [0.5, 0.6) is 0 Å². The molecule has 26 heavy (non-hydrogen) atoms. The molecule has 0 aromatic heterocycles. The fourth-order valence-electron chi connectivity index (χ4n) is 3.05. The fraction of sp³-hybridized carbons (Fsp3) is 0.333. The second kappa shape index (κ2) is 6.68. The highest BCUT2D eigenvalue weighted by atomic mass is 14.8. The Kier molecular flexibility index (Phi) is 4.70. The van der Waals surface area contributed by atoms with Crippen molar-refractivity contribution < 1.29 is 0 Å². The zero-order valence-electron chi connectivity index (χ0n) is 16.7. The first-order valence-corrected chi connectivity index (χ1v) is 9.18. The fourth-order valence-corrected chi connectivity index (χ4v) is 3.05. The first-order chi connectivity index (χ1) is 12.2. The van der Waals surface area contributed by atoms with Crippen molar-refractivity contribution >= 4 is 12.4 Å². The highest BCUT2D eigenvalue weighted by Crippen LogP contribution is 2.31. The van der Waals surface area contributed by atoms with Crippen molar-refractivity contribution in [2.24, 2.45) is 9.98 Å². The van der Waals surface area contributed by atoms with E-state index in [9.17, 15) is 0 Å². The van der Waals surface area contributed by atoms with E-state index in [1.165, 1.54) is 22.3 Å². The van der Waals surface area contributed by atoms with Crippen LogP contribution in [-0.4, -0.2) is 12.4 Å². The van der Waals surface area contributed by atoms with Gasteiger partial charge in [-0.1, -0.05) is 76.2 Å². The standard InChI is InChI=1S/C24H28N2/c1-17-18(2)26-16-24(5,6)22-12-8-10-20(14-22)19-9-7-11-21(13-19)23(3,4)15-25-17/h7-16H,1-6H3/b18-17-,25-15?,26-16?.